The molecular formula is C9H21O4P. The van der Waals surface area contributed by atoms with E-state index in [1.807, 2.05) is 0 Å². The topological polar surface area (TPSA) is 58.9 Å². The molecule has 0 heterocycles. The molecule has 4 nitrogen and oxygen atoms in total. The van der Waals surface area contributed by atoms with Gasteiger partial charge in [-0.25, -0.2) is 0 Å². The normalized spacial score (nSPS) is 32.2. The van der Waals surface area contributed by atoms with Crippen LogP contribution in [0.4, 0.5) is 0 Å². The zero-order valence-electron chi connectivity index (χ0n) is 9.14. The first-order valence-corrected chi connectivity index (χ1v) is 7.96. The van der Waals surface area contributed by atoms with Crippen molar-refractivity contribution in [2.24, 2.45) is 0 Å². The van der Waals surface area contributed by atoms with Gasteiger partial charge in [-0.3, -0.25) is 0 Å². The molecule has 0 aliphatic heterocycles. The second kappa shape index (κ2) is 4.03. The van der Waals surface area contributed by atoms with E-state index in [0.717, 1.165) is 25.7 Å². The molecule has 14 heavy (non-hydrogen) atoms. The molecule has 0 aromatic heterocycles. The average Bonchev–Trinajstić information content (AvgIpc) is 2.01. The van der Waals surface area contributed by atoms with Crippen LogP contribution >= 0.6 is 7.28 Å². The van der Waals surface area contributed by atoms with E-state index in [-0.39, 0.29) is 12.2 Å². The van der Waals surface area contributed by atoms with Crippen LogP contribution in [0.25, 0.3) is 0 Å². The summed E-state index contributed by atoms with van der Waals surface area (Å²) in [7, 11) is -2.20. The predicted octanol–water partition coefficient (Wildman–Crippen LogP) is 1.50. The van der Waals surface area contributed by atoms with Crippen LogP contribution in [0.1, 0.15) is 25.7 Å². The van der Waals surface area contributed by atoms with Crippen molar-refractivity contribution in [2.75, 3.05) is 20.4 Å². The summed E-state index contributed by atoms with van der Waals surface area (Å²) in [6.45, 7) is 2.74. The number of methoxy groups -OCH3 is 1. The molecule has 2 atom stereocenters. The molecule has 1 saturated carbocycles. The van der Waals surface area contributed by atoms with Gasteiger partial charge in [0.1, 0.15) is 0 Å². The zero-order chi connectivity index (χ0) is 10.8. The Kier molecular flexibility index (Phi) is 3.55. The van der Waals surface area contributed by atoms with Gasteiger partial charge in [-0.2, -0.15) is 0 Å². The van der Waals surface area contributed by atoms with E-state index >= 15 is 0 Å². The number of hydrogen-bond acceptors (Lipinski definition) is 4. The van der Waals surface area contributed by atoms with E-state index in [4.69, 9.17) is 9.26 Å². The van der Waals surface area contributed by atoms with Crippen LogP contribution in [-0.2, 0) is 9.26 Å². The number of ether oxygens (including phenoxy) is 1. The molecule has 0 aromatic carbocycles. The molecule has 2 N–H and O–H groups in total. The van der Waals surface area contributed by atoms with Gasteiger partial charge in [0.15, 0.2) is 0 Å². The van der Waals surface area contributed by atoms with Crippen LogP contribution < -0.4 is 0 Å². The van der Waals surface area contributed by atoms with Gasteiger partial charge in [0.25, 0.3) is 0 Å². The molecule has 0 aromatic rings. The van der Waals surface area contributed by atoms with Gasteiger partial charge < -0.3 is 0 Å². The third-order valence-corrected chi connectivity index (χ3v) is 3.27. The van der Waals surface area contributed by atoms with Gasteiger partial charge in [-0.05, 0) is 0 Å². The summed E-state index contributed by atoms with van der Waals surface area (Å²) >= 11 is 0. The molecule has 0 saturated heterocycles. The van der Waals surface area contributed by atoms with Crippen molar-refractivity contribution < 1.29 is 19.0 Å². The van der Waals surface area contributed by atoms with Crippen LogP contribution in [-0.4, -0.2) is 42.4 Å². The van der Waals surface area contributed by atoms with E-state index in [1.165, 1.54) is 13.3 Å². The summed E-state index contributed by atoms with van der Waals surface area (Å²) in [5, 5.41) is 0. The summed E-state index contributed by atoms with van der Waals surface area (Å²) in [5.41, 5.74) is 0. The molecule has 1 rings (SSSR count). The Hall–Kier alpha value is 0.270. The summed E-state index contributed by atoms with van der Waals surface area (Å²) in [6, 6.07) is 0. The Morgan fingerprint density at radius 2 is 1.57 bits per heavy atom. The molecule has 0 bridgehead atoms. The summed E-state index contributed by atoms with van der Waals surface area (Å²) in [4.78, 5) is 19.3. The van der Waals surface area contributed by atoms with Crippen molar-refractivity contribution in [1.82, 2.24) is 0 Å². The first-order chi connectivity index (χ1) is 6.28. The molecule has 0 radical (unpaired) electrons. The van der Waals surface area contributed by atoms with Crippen LogP contribution in [0.2, 0.25) is 0 Å². The van der Waals surface area contributed by atoms with Gasteiger partial charge in [0, 0.05) is 0 Å². The zero-order valence-corrected chi connectivity index (χ0v) is 10.0. The van der Waals surface area contributed by atoms with E-state index in [9.17, 15) is 9.79 Å². The molecule has 1 aliphatic rings. The molecule has 1 aliphatic carbocycles. The SMILES string of the molecule is COC1CCCCC1OP(C)(C)(O)O. The van der Waals surface area contributed by atoms with Gasteiger partial charge in [0.2, 0.25) is 0 Å². The van der Waals surface area contributed by atoms with Crippen molar-refractivity contribution >= 4 is 7.28 Å². The minimum atomic E-state index is -3.84. The minimum absolute atomic E-state index is 0.00412. The van der Waals surface area contributed by atoms with E-state index < -0.39 is 7.28 Å². The van der Waals surface area contributed by atoms with Gasteiger partial charge in [0.05, 0.1) is 0 Å². The number of hydrogen-bond donors (Lipinski definition) is 2. The standard InChI is InChI=1S/C9H21O4P/c1-12-8-6-4-5-7-9(8)13-14(2,3,10)11/h8-11H,4-7H2,1-3H3. The Balaban J connectivity index is 2.57. The maximum atomic E-state index is 9.66. The van der Waals surface area contributed by atoms with Gasteiger partial charge in [-0.15, -0.1) is 0 Å². The summed E-state index contributed by atoms with van der Waals surface area (Å²) in [5.74, 6) is 0. The average molecular weight is 224 g/mol. The first-order valence-electron chi connectivity index (χ1n) is 5.01. The van der Waals surface area contributed by atoms with E-state index in [1.54, 1.807) is 7.11 Å². The second-order valence-electron chi connectivity index (χ2n) is 4.57. The fourth-order valence-corrected chi connectivity index (χ4v) is 2.87. The van der Waals surface area contributed by atoms with Gasteiger partial charge in [-0.1, -0.05) is 0 Å². The summed E-state index contributed by atoms with van der Waals surface area (Å²) in [6.07, 6.45) is 3.81. The second-order valence-corrected chi connectivity index (χ2v) is 8.51. The van der Waals surface area contributed by atoms with Crippen molar-refractivity contribution in [3.63, 3.8) is 0 Å². The number of rotatable bonds is 3. The Morgan fingerprint density at radius 1 is 1.07 bits per heavy atom. The van der Waals surface area contributed by atoms with Crippen molar-refractivity contribution in [3.05, 3.63) is 0 Å². The molecule has 0 spiro atoms. The molecule has 86 valence electrons. The van der Waals surface area contributed by atoms with E-state index in [2.05, 4.69) is 0 Å². The Labute approximate surface area is 85.4 Å². The fourth-order valence-electron chi connectivity index (χ4n) is 1.84. The fraction of sp³-hybridized carbons (Fsp3) is 1.00. The van der Waals surface area contributed by atoms with Crippen LogP contribution in [0, 0.1) is 0 Å². The van der Waals surface area contributed by atoms with Crippen LogP contribution in [0.15, 0.2) is 0 Å². The predicted molar refractivity (Wildman–Crippen MR) is 57.3 cm³/mol. The Bertz CT molecular complexity index is 189. The Morgan fingerprint density at radius 3 is 2.00 bits per heavy atom. The molecule has 1 fully saturated rings. The van der Waals surface area contributed by atoms with Crippen LogP contribution in [0.5, 0.6) is 0 Å². The monoisotopic (exact) mass is 224 g/mol. The third kappa shape index (κ3) is 4.20. The quantitative estimate of drug-likeness (QED) is 0.713. The van der Waals surface area contributed by atoms with Gasteiger partial charge >= 0.3 is 84.7 Å². The maximum absolute atomic E-state index is 9.66. The third-order valence-electron chi connectivity index (χ3n) is 2.39. The van der Waals surface area contributed by atoms with Crippen molar-refractivity contribution in [2.45, 2.75) is 37.9 Å². The van der Waals surface area contributed by atoms with E-state index in [0.29, 0.717) is 0 Å². The summed E-state index contributed by atoms with van der Waals surface area (Å²) < 4.78 is 10.7. The molecule has 0 amide bonds. The molecular weight excluding hydrogens is 203 g/mol. The molecule has 2 unspecified atom stereocenters. The van der Waals surface area contributed by atoms with Crippen molar-refractivity contribution in [3.8, 4) is 0 Å². The molecule has 5 heteroatoms. The first kappa shape index (κ1) is 12.3. The van der Waals surface area contributed by atoms with Crippen LogP contribution in [0.3, 0.4) is 0 Å². The van der Waals surface area contributed by atoms with Crippen molar-refractivity contribution in [1.29, 1.82) is 0 Å².